The van der Waals surface area contributed by atoms with Crippen molar-refractivity contribution in [2.24, 2.45) is 5.92 Å². The first-order valence-corrected chi connectivity index (χ1v) is 9.01. The van der Waals surface area contributed by atoms with Crippen molar-refractivity contribution >= 4 is 34.6 Å². The molecule has 1 N–H and O–H groups in total. The van der Waals surface area contributed by atoms with Crippen molar-refractivity contribution in [1.82, 2.24) is 0 Å². The summed E-state index contributed by atoms with van der Waals surface area (Å²) in [7, 11) is 1.56. The summed E-state index contributed by atoms with van der Waals surface area (Å²) in [6.07, 6.45) is 4.92. The molecule has 0 amide bonds. The summed E-state index contributed by atoms with van der Waals surface area (Å²) in [5.74, 6) is 0.610. The van der Waals surface area contributed by atoms with Gasteiger partial charge >= 0.3 is 0 Å². The molecule has 2 aliphatic rings. The first-order chi connectivity index (χ1) is 12.5. The molecular weight excluding hydrogens is 375 g/mol. The van der Waals surface area contributed by atoms with Gasteiger partial charge in [0.25, 0.3) is 5.69 Å². The summed E-state index contributed by atoms with van der Waals surface area (Å²) in [6, 6.07) is 8.57. The third kappa shape index (κ3) is 2.54. The van der Waals surface area contributed by atoms with Gasteiger partial charge in [0.15, 0.2) is 0 Å². The van der Waals surface area contributed by atoms with E-state index in [2.05, 4.69) is 11.4 Å². The zero-order chi connectivity index (χ0) is 18.4. The molecule has 0 bridgehead atoms. The quantitative estimate of drug-likeness (QED) is 0.412. The first kappa shape index (κ1) is 17.2. The Morgan fingerprint density at radius 2 is 2.08 bits per heavy atom. The minimum absolute atomic E-state index is 0.0817. The highest BCUT2D eigenvalue weighted by molar-refractivity contribution is 6.42. The molecule has 134 valence electrons. The van der Waals surface area contributed by atoms with Gasteiger partial charge in [-0.2, -0.15) is 0 Å². The van der Waals surface area contributed by atoms with Crippen LogP contribution in [-0.4, -0.2) is 12.0 Å². The molecule has 1 heterocycles. The molecule has 2 aromatic rings. The van der Waals surface area contributed by atoms with Crippen LogP contribution >= 0.6 is 23.2 Å². The molecule has 7 heteroatoms. The Morgan fingerprint density at radius 1 is 1.27 bits per heavy atom. The van der Waals surface area contributed by atoms with Crippen LogP contribution in [0.2, 0.25) is 10.0 Å². The van der Waals surface area contributed by atoms with Crippen molar-refractivity contribution in [3.63, 3.8) is 0 Å². The minimum Gasteiger partial charge on any atom is -0.495 e. The Hall–Kier alpha value is -2.24. The highest BCUT2D eigenvalue weighted by Gasteiger charge is 2.43. The lowest BCUT2D eigenvalue weighted by atomic mass is 9.76. The third-order valence-corrected chi connectivity index (χ3v) is 6.03. The molecule has 1 aliphatic carbocycles. The zero-order valence-electron chi connectivity index (χ0n) is 13.9. The average Bonchev–Trinajstić information content (AvgIpc) is 3.12. The molecule has 2 aromatic carbocycles. The highest BCUT2D eigenvalue weighted by Crippen LogP contribution is 2.55. The van der Waals surface area contributed by atoms with E-state index in [1.807, 2.05) is 18.2 Å². The Kier molecular flexibility index (Phi) is 4.29. The number of methoxy groups -OCH3 is 1. The van der Waals surface area contributed by atoms with Crippen LogP contribution in [0.4, 0.5) is 11.4 Å². The molecule has 0 radical (unpaired) electrons. The Balaban J connectivity index is 1.92. The van der Waals surface area contributed by atoms with Crippen molar-refractivity contribution < 1.29 is 9.66 Å². The third-order valence-electron chi connectivity index (χ3n) is 5.19. The van der Waals surface area contributed by atoms with Crippen LogP contribution < -0.4 is 10.1 Å². The van der Waals surface area contributed by atoms with Gasteiger partial charge in [0.05, 0.1) is 39.4 Å². The predicted octanol–water partition coefficient (Wildman–Crippen LogP) is 5.74. The maximum Gasteiger partial charge on any atom is 0.275 e. The van der Waals surface area contributed by atoms with Crippen molar-refractivity contribution in [2.75, 3.05) is 12.4 Å². The number of ether oxygens (including phenoxy) is 1. The van der Waals surface area contributed by atoms with Gasteiger partial charge in [-0.1, -0.05) is 47.5 Å². The molecule has 4 rings (SSSR count). The van der Waals surface area contributed by atoms with Crippen molar-refractivity contribution in [1.29, 1.82) is 0 Å². The monoisotopic (exact) mass is 390 g/mol. The Morgan fingerprint density at radius 3 is 2.81 bits per heavy atom. The van der Waals surface area contributed by atoms with Crippen LogP contribution in [-0.2, 0) is 0 Å². The average molecular weight is 391 g/mol. The van der Waals surface area contributed by atoms with Crippen LogP contribution in [0.15, 0.2) is 42.5 Å². The van der Waals surface area contributed by atoms with E-state index in [1.54, 1.807) is 19.2 Å². The number of fused-ring (bicyclic) bond motifs is 3. The number of hydrogen-bond donors (Lipinski definition) is 1. The second kappa shape index (κ2) is 6.49. The molecule has 26 heavy (non-hydrogen) atoms. The first-order valence-electron chi connectivity index (χ1n) is 8.25. The lowest BCUT2D eigenvalue weighted by Gasteiger charge is -2.38. The van der Waals surface area contributed by atoms with Crippen LogP contribution in [0.1, 0.15) is 29.5 Å². The smallest absolute Gasteiger partial charge is 0.275 e. The van der Waals surface area contributed by atoms with E-state index in [0.29, 0.717) is 27.0 Å². The summed E-state index contributed by atoms with van der Waals surface area (Å²) < 4.78 is 5.47. The summed E-state index contributed by atoms with van der Waals surface area (Å²) in [5.41, 5.74) is 2.31. The number of nitro groups is 1. The van der Waals surface area contributed by atoms with E-state index in [1.165, 1.54) is 6.07 Å². The Bertz CT molecular complexity index is 929. The Labute approximate surface area is 160 Å². The van der Waals surface area contributed by atoms with Gasteiger partial charge in [-0.15, -0.1) is 0 Å². The van der Waals surface area contributed by atoms with E-state index in [4.69, 9.17) is 27.9 Å². The number of halogens is 2. The molecule has 0 fully saturated rings. The molecule has 3 atom stereocenters. The molecule has 1 aliphatic heterocycles. The number of nitro benzene ring substituents is 1. The van der Waals surface area contributed by atoms with E-state index < -0.39 is 0 Å². The van der Waals surface area contributed by atoms with Gasteiger partial charge in [-0.05, 0) is 30.0 Å². The second-order valence-electron chi connectivity index (χ2n) is 6.45. The summed E-state index contributed by atoms with van der Waals surface area (Å²) in [4.78, 5) is 11.2. The molecule has 0 saturated carbocycles. The standard InChI is InChI=1S/C19H16Cl2N2O3/c1-26-15-9-8-14(23(24)25)16-10-4-2-5-11(10)18(22-19(15)16)12-6-3-7-13(20)17(12)21/h2-4,6-11,18,22H,5H2,1H3/t10-,11+,18-/m0/s1. The van der Waals surface area contributed by atoms with Crippen LogP contribution in [0.3, 0.4) is 0 Å². The van der Waals surface area contributed by atoms with Gasteiger partial charge in [0, 0.05) is 12.0 Å². The van der Waals surface area contributed by atoms with Crippen molar-refractivity contribution in [3.8, 4) is 5.75 Å². The maximum absolute atomic E-state index is 11.6. The zero-order valence-corrected chi connectivity index (χ0v) is 15.4. The van der Waals surface area contributed by atoms with E-state index in [-0.39, 0.29) is 28.5 Å². The predicted molar refractivity (Wildman–Crippen MR) is 102 cm³/mol. The van der Waals surface area contributed by atoms with E-state index in [9.17, 15) is 10.1 Å². The number of allylic oxidation sites excluding steroid dienone is 2. The van der Waals surface area contributed by atoms with E-state index in [0.717, 1.165) is 12.0 Å². The SMILES string of the molecule is COc1ccc([N+](=O)[O-])c2c1N[C@H](c1cccc(Cl)c1Cl)[C@@H]1CC=C[C@H]21. The number of benzene rings is 2. The molecule has 0 unspecified atom stereocenters. The molecule has 0 aromatic heterocycles. The van der Waals surface area contributed by atoms with Crippen LogP contribution in [0.25, 0.3) is 0 Å². The minimum atomic E-state index is -0.337. The number of nitrogens with one attached hydrogen (secondary N) is 1. The fourth-order valence-electron chi connectivity index (χ4n) is 4.06. The van der Waals surface area contributed by atoms with Crippen molar-refractivity contribution in [3.05, 3.63) is 73.8 Å². The highest BCUT2D eigenvalue weighted by atomic mass is 35.5. The number of nitrogens with zero attached hydrogens (tertiary/aromatic N) is 1. The summed E-state index contributed by atoms with van der Waals surface area (Å²) >= 11 is 12.7. The van der Waals surface area contributed by atoms with Gasteiger partial charge in [0.2, 0.25) is 0 Å². The largest absolute Gasteiger partial charge is 0.495 e. The van der Waals surface area contributed by atoms with Crippen LogP contribution in [0, 0.1) is 16.0 Å². The van der Waals surface area contributed by atoms with Gasteiger partial charge in [-0.3, -0.25) is 10.1 Å². The summed E-state index contributed by atoms with van der Waals surface area (Å²) in [6.45, 7) is 0. The van der Waals surface area contributed by atoms with Gasteiger partial charge < -0.3 is 10.1 Å². The lowest BCUT2D eigenvalue weighted by molar-refractivity contribution is -0.385. The van der Waals surface area contributed by atoms with Crippen molar-refractivity contribution in [2.45, 2.75) is 18.4 Å². The van der Waals surface area contributed by atoms with E-state index >= 15 is 0 Å². The topological polar surface area (TPSA) is 64.4 Å². The molecule has 5 nitrogen and oxygen atoms in total. The second-order valence-corrected chi connectivity index (χ2v) is 7.24. The number of hydrogen-bond acceptors (Lipinski definition) is 4. The van der Waals surface area contributed by atoms with Crippen LogP contribution in [0.5, 0.6) is 5.75 Å². The van der Waals surface area contributed by atoms with Gasteiger partial charge in [0.1, 0.15) is 5.75 Å². The normalized spacial score (nSPS) is 23.1. The fourth-order valence-corrected chi connectivity index (χ4v) is 4.49. The molecular formula is C19H16Cl2N2O3. The maximum atomic E-state index is 11.6. The summed E-state index contributed by atoms with van der Waals surface area (Å²) in [5, 5.41) is 16.0. The fraction of sp³-hybridized carbons (Fsp3) is 0.263. The molecule has 0 saturated heterocycles. The number of anilines is 1. The van der Waals surface area contributed by atoms with Gasteiger partial charge in [-0.25, -0.2) is 0 Å². The molecule has 0 spiro atoms. The number of rotatable bonds is 3. The lowest BCUT2D eigenvalue weighted by Crippen LogP contribution is -2.30.